The molecular weight excluding hydrogens is 204 g/mol. The second kappa shape index (κ2) is 4.72. The highest BCUT2D eigenvalue weighted by molar-refractivity contribution is 6.33. The second-order valence-electron chi connectivity index (χ2n) is 2.75. The van der Waals surface area contributed by atoms with Gasteiger partial charge in [0.2, 0.25) is 5.91 Å². The third-order valence-electron chi connectivity index (χ3n) is 1.59. The van der Waals surface area contributed by atoms with E-state index in [9.17, 15) is 4.79 Å². The highest BCUT2D eigenvalue weighted by Gasteiger charge is 2.00. The van der Waals surface area contributed by atoms with Crippen LogP contribution in [0.5, 0.6) is 5.75 Å². The van der Waals surface area contributed by atoms with Gasteiger partial charge in [0.25, 0.3) is 0 Å². The van der Waals surface area contributed by atoms with Crippen molar-refractivity contribution in [1.82, 2.24) is 0 Å². The molecule has 0 spiro atoms. The maximum atomic E-state index is 10.4. The number of hydrogen-bond donors (Lipinski definition) is 2. The molecule has 1 amide bonds. The van der Waals surface area contributed by atoms with Crippen LogP contribution in [0.2, 0.25) is 5.02 Å². The lowest BCUT2D eigenvalue weighted by atomic mass is 10.3. The fourth-order valence-electron chi connectivity index (χ4n) is 0.867. The molecule has 14 heavy (non-hydrogen) atoms. The molecule has 1 aromatic carbocycles. The van der Waals surface area contributed by atoms with Gasteiger partial charge in [-0.1, -0.05) is 11.6 Å². The van der Waals surface area contributed by atoms with Gasteiger partial charge < -0.3 is 16.2 Å². The average Bonchev–Trinajstić information content (AvgIpc) is 2.10. The van der Waals surface area contributed by atoms with Gasteiger partial charge in [-0.25, -0.2) is 0 Å². The van der Waals surface area contributed by atoms with Gasteiger partial charge in [0.05, 0.1) is 23.7 Å². The van der Waals surface area contributed by atoms with Gasteiger partial charge in [-0.05, 0) is 12.1 Å². The molecular formula is C9H11ClN2O2. The van der Waals surface area contributed by atoms with Crippen LogP contribution in [-0.4, -0.2) is 12.5 Å². The van der Waals surface area contributed by atoms with E-state index in [1.54, 1.807) is 18.2 Å². The van der Waals surface area contributed by atoms with E-state index in [1.165, 1.54) is 0 Å². The molecule has 0 saturated carbocycles. The first kappa shape index (κ1) is 10.7. The topological polar surface area (TPSA) is 78.3 Å². The Hall–Kier alpha value is -1.42. The van der Waals surface area contributed by atoms with E-state index in [0.717, 1.165) is 0 Å². The van der Waals surface area contributed by atoms with Crippen LogP contribution < -0.4 is 16.2 Å². The zero-order chi connectivity index (χ0) is 10.6. The Morgan fingerprint density at radius 2 is 2.21 bits per heavy atom. The van der Waals surface area contributed by atoms with Crippen LogP contribution in [0, 0.1) is 0 Å². The fraction of sp³-hybridized carbons (Fsp3) is 0.222. The van der Waals surface area contributed by atoms with Crippen LogP contribution in [0.1, 0.15) is 6.42 Å². The molecule has 0 aromatic heterocycles. The van der Waals surface area contributed by atoms with Crippen LogP contribution in [0.15, 0.2) is 18.2 Å². The molecule has 0 aliphatic rings. The molecule has 1 aromatic rings. The Balaban J connectivity index is 2.51. The van der Waals surface area contributed by atoms with Crippen molar-refractivity contribution in [2.24, 2.45) is 5.73 Å². The quantitative estimate of drug-likeness (QED) is 0.739. The van der Waals surface area contributed by atoms with E-state index in [4.69, 9.17) is 27.8 Å². The summed E-state index contributed by atoms with van der Waals surface area (Å²) in [5, 5.41) is 0.432. The van der Waals surface area contributed by atoms with Crippen LogP contribution >= 0.6 is 11.6 Å². The van der Waals surface area contributed by atoms with Crippen molar-refractivity contribution in [3.05, 3.63) is 23.2 Å². The van der Waals surface area contributed by atoms with E-state index in [1.807, 2.05) is 0 Å². The number of carbonyl (C=O) groups is 1. The molecule has 0 atom stereocenters. The number of halogens is 1. The third-order valence-corrected chi connectivity index (χ3v) is 1.92. The summed E-state index contributed by atoms with van der Waals surface area (Å²) in [5.41, 5.74) is 10.9. The van der Waals surface area contributed by atoms with Gasteiger partial charge in [0, 0.05) is 6.07 Å². The molecule has 76 valence electrons. The molecule has 4 N–H and O–H groups in total. The Labute approximate surface area is 86.8 Å². The molecule has 0 saturated heterocycles. The number of primary amides is 1. The first-order chi connectivity index (χ1) is 6.59. The molecule has 0 radical (unpaired) electrons. The number of ether oxygens (including phenoxy) is 1. The predicted molar refractivity (Wildman–Crippen MR) is 55.2 cm³/mol. The van der Waals surface area contributed by atoms with Crippen LogP contribution in [0.3, 0.4) is 0 Å². The lowest BCUT2D eigenvalue weighted by molar-refractivity contribution is -0.118. The average molecular weight is 215 g/mol. The monoisotopic (exact) mass is 214 g/mol. The summed E-state index contributed by atoms with van der Waals surface area (Å²) in [5.74, 6) is 0.178. The summed E-state index contributed by atoms with van der Waals surface area (Å²) in [6, 6.07) is 4.92. The van der Waals surface area contributed by atoms with Crippen molar-refractivity contribution >= 4 is 23.2 Å². The molecule has 5 heteroatoms. The lowest BCUT2D eigenvalue weighted by Gasteiger charge is -2.05. The van der Waals surface area contributed by atoms with Crippen molar-refractivity contribution < 1.29 is 9.53 Å². The van der Waals surface area contributed by atoms with Crippen LogP contribution in [-0.2, 0) is 4.79 Å². The number of nitrogens with two attached hydrogens (primary N) is 2. The summed E-state index contributed by atoms with van der Waals surface area (Å²) < 4.78 is 5.21. The molecule has 4 nitrogen and oxygen atoms in total. The predicted octanol–water partition coefficient (Wildman–Crippen LogP) is 1.18. The number of rotatable bonds is 4. The Morgan fingerprint density at radius 3 is 2.79 bits per heavy atom. The maximum absolute atomic E-state index is 10.4. The number of carbonyl (C=O) groups excluding carboxylic acids is 1. The summed E-state index contributed by atoms with van der Waals surface area (Å²) in [4.78, 5) is 10.4. The largest absolute Gasteiger partial charge is 0.493 e. The van der Waals surface area contributed by atoms with Gasteiger partial charge in [-0.3, -0.25) is 4.79 Å². The van der Waals surface area contributed by atoms with Gasteiger partial charge in [0.1, 0.15) is 5.75 Å². The number of amides is 1. The fourth-order valence-corrected chi connectivity index (χ4v) is 1.04. The second-order valence-corrected chi connectivity index (χ2v) is 3.16. The highest BCUT2D eigenvalue weighted by atomic mass is 35.5. The molecule has 0 fully saturated rings. The third kappa shape index (κ3) is 3.14. The van der Waals surface area contributed by atoms with Crippen molar-refractivity contribution in [2.45, 2.75) is 6.42 Å². The van der Waals surface area contributed by atoms with Crippen molar-refractivity contribution in [3.63, 3.8) is 0 Å². The molecule has 0 unspecified atom stereocenters. The summed E-state index contributed by atoms with van der Waals surface area (Å²) in [6.45, 7) is 0.246. The number of nitrogen functional groups attached to an aromatic ring is 1. The molecule has 0 aliphatic heterocycles. The minimum absolute atomic E-state index is 0.183. The van der Waals surface area contributed by atoms with E-state index in [0.29, 0.717) is 16.5 Å². The zero-order valence-electron chi connectivity index (χ0n) is 7.50. The Kier molecular flexibility index (Phi) is 3.59. The summed E-state index contributed by atoms with van der Waals surface area (Å²) >= 11 is 5.76. The SMILES string of the molecule is NC(=O)CCOc1ccc(N)c(Cl)c1. The van der Waals surface area contributed by atoms with Gasteiger partial charge in [-0.2, -0.15) is 0 Å². The summed E-state index contributed by atoms with van der Waals surface area (Å²) in [6.07, 6.45) is 0.183. The minimum atomic E-state index is -0.397. The molecule has 0 aliphatic carbocycles. The molecule has 0 bridgehead atoms. The number of anilines is 1. The van der Waals surface area contributed by atoms with Gasteiger partial charge in [0.15, 0.2) is 0 Å². The van der Waals surface area contributed by atoms with E-state index >= 15 is 0 Å². The maximum Gasteiger partial charge on any atom is 0.220 e. The van der Waals surface area contributed by atoms with Crippen molar-refractivity contribution in [2.75, 3.05) is 12.3 Å². The van der Waals surface area contributed by atoms with Gasteiger partial charge >= 0.3 is 0 Å². The highest BCUT2D eigenvalue weighted by Crippen LogP contribution is 2.23. The normalized spacial score (nSPS) is 9.79. The number of hydrogen-bond acceptors (Lipinski definition) is 3. The zero-order valence-corrected chi connectivity index (χ0v) is 8.25. The van der Waals surface area contributed by atoms with E-state index in [2.05, 4.69) is 0 Å². The van der Waals surface area contributed by atoms with E-state index in [-0.39, 0.29) is 13.0 Å². The molecule has 0 heterocycles. The standard InChI is InChI=1S/C9H11ClN2O2/c10-7-5-6(1-2-8(7)11)14-4-3-9(12)13/h1-2,5H,3-4,11H2,(H2,12,13). The Bertz CT molecular complexity index is 342. The Morgan fingerprint density at radius 1 is 1.50 bits per heavy atom. The van der Waals surface area contributed by atoms with Crippen LogP contribution in [0.4, 0.5) is 5.69 Å². The van der Waals surface area contributed by atoms with Crippen LogP contribution in [0.25, 0.3) is 0 Å². The molecule has 1 rings (SSSR count). The van der Waals surface area contributed by atoms with Crippen molar-refractivity contribution in [1.29, 1.82) is 0 Å². The summed E-state index contributed by atoms with van der Waals surface area (Å²) in [7, 11) is 0. The van der Waals surface area contributed by atoms with Gasteiger partial charge in [-0.15, -0.1) is 0 Å². The first-order valence-electron chi connectivity index (χ1n) is 4.05. The van der Waals surface area contributed by atoms with Crippen molar-refractivity contribution in [3.8, 4) is 5.75 Å². The number of benzene rings is 1. The lowest BCUT2D eigenvalue weighted by Crippen LogP contribution is -2.14. The van der Waals surface area contributed by atoms with E-state index < -0.39 is 5.91 Å². The first-order valence-corrected chi connectivity index (χ1v) is 4.43. The smallest absolute Gasteiger partial charge is 0.220 e. The minimum Gasteiger partial charge on any atom is -0.493 e.